The van der Waals surface area contributed by atoms with E-state index < -0.39 is 0 Å². The molecule has 1 fully saturated rings. The minimum absolute atomic E-state index is 0. The van der Waals surface area contributed by atoms with Crippen molar-refractivity contribution in [1.82, 2.24) is 5.32 Å². The summed E-state index contributed by atoms with van der Waals surface area (Å²) < 4.78 is 11.5. The van der Waals surface area contributed by atoms with Gasteiger partial charge in [-0.15, -0.1) is 12.4 Å². The summed E-state index contributed by atoms with van der Waals surface area (Å²) >= 11 is 0. The highest BCUT2D eigenvalue weighted by molar-refractivity contribution is 6.04. The number of hydrogen-bond donors (Lipinski definition) is 2. The second-order valence-electron chi connectivity index (χ2n) is 6.94. The average Bonchev–Trinajstić information content (AvgIpc) is 2.80. The third-order valence-corrected chi connectivity index (χ3v) is 4.83. The largest absolute Gasteiger partial charge is 0.489 e. The van der Waals surface area contributed by atoms with E-state index in [1.807, 2.05) is 66.7 Å². The molecule has 1 aliphatic rings. The van der Waals surface area contributed by atoms with Crippen molar-refractivity contribution in [3.05, 3.63) is 95.6 Å². The lowest BCUT2D eigenvalue weighted by Gasteiger charge is -2.24. The van der Waals surface area contributed by atoms with Gasteiger partial charge in [-0.2, -0.15) is 0 Å². The number of rotatable bonds is 6. The molecule has 1 aliphatic heterocycles. The molecule has 1 amide bonds. The van der Waals surface area contributed by atoms with Crippen LogP contribution < -0.4 is 15.4 Å². The molecule has 1 heterocycles. The van der Waals surface area contributed by atoms with Gasteiger partial charge in [0.25, 0.3) is 5.91 Å². The Morgan fingerprint density at radius 1 is 1.00 bits per heavy atom. The van der Waals surface area contributed by atoms with E-state index in [0.717, 1.165) is 35.7 Å². The van der Waals surface area contributed by atoms with Crippen molar-refractivity contribution < 1.29 is 14.3 Å². The molecule has 0 radical (unpaired) electrons. The van der Waals surface area contributed by atoms with Crippen LogP contribution >= 0.6 is 12.4 Å². The van der Waals surface area contributed by atoms with Crippen molar-refractivity contribution in [3.8, 4) is 5.75 Å². The summed E-state index contributed by atoms with van der Waals surface area (Å²) in [6, 6.07) is 24.9. The Labute approximate surface area is 182 Å². The molecule has 0 spiro atoms. The lowest BCUT2D eigenvalue weighted by Crippen LogP contribution is -2.33. The summed E-state index contributed by atoms with van der Waals surface area (Å²) in [4.78, 5) is 12.5. The zero-order valence-electron chi connectivity index (χ0n) is 16.5. The number of carbonyl (C=O) groups is 1. The van der Waals surface area contributed by atoms with Gasteiger partial charge in [-0.3, -0.25) is 4.79 Å². The van der Waals surface area contributed by atoms with Gasteiger partial charge in [0, 0.05) is 24.3 Å². The molecule has 0 aliphatic carbocycles. The predicted molar refractivity (Wildman–Crippen MR) is 120 cm³/mol. The van der Waals surface area contributed by atoms with E-state index in [4.69, 9.17) is 9.47 Å². The quantitative estimate of drug-likeness (QED) is 0.607. The Hall–Kier alpha value is -2.86. The van der Waals surface area contributed by atoms with Crippen molar-refractivity contribution in [2.24, 2.45) is 0 Å². The normalized spacial score (nSPS) is 15.7. The second kappa shape index (κ2) is 10.8. The molecule has 4 rings (SSSR count). The van der Waals surface area contributed by atoms with Crippen molar-refractivity contribution >= 4 is 24.0 Å². The van der Waals surface area contributed by atoms with Crippen molar-refractivity contribution in [2.75, 3.05) is 25.0 Å². The van der Waals surface area contributed by atoms with Crippen LogP contribution in [0.1, 0.15) is 27.6 Å². The molecule has 6 heteroatoms. The highest BCUT2D eigenvalue weighted by Gasteiger charge is 2.15. The van der Waals surface area contributed by atoms with Gasteiger partial charge in [-0.1, -0.05) is 42.5 Å². The number of ether oxygens (including phenoxy) is 2. The zero-order valence-corrected chi connectivity index (χ0v) is 17.4. The van der Waals surface area contributed by atoms with E-state index in [1.54, 1.807) is 12.1 Å². The highest BCUT2D eigenvalue weighted by Crippen LogP contribution is 2.21. The minimum Gasteiger partial charge on any atom is -0.489 e. The lowest BCUT2D eigenvalue weighted by molar-refractivity contribution is 0.0277. The minimum atomic E-state index is -0.150. The SMILES string of the molecule is Cl.O=C(Nc1ccc(C2CNCCO2)cc1)c1ccc(OCc2ccccc2)cc1. The molecule has 30 heavy (non-hydrogen) atoms. The van der Waals surface area contributed by atoms with Crippen LogP contribution in [0.25, 0.3) is 0 Å². The summed E-state index contributed by atoms with van der Waals surface area (Å²) in [5.41, 5.74) is 3.55. The smallest absolute Gasteiger partial charge is 0.255 e. The molecule has 3 aromatic rings. The maximum Gasteiger partial charge on any atom is 0.255 e. The Bertz CT molecular complexity index is 925. The molecule has 0 saturated carbocycles. The first kappa shape index (κ1) is 21.8. The van der Waals surface area contributed by atoms with Crippen molar-refractivity contribution in [3.63, 3.8) is 0 Å². The molecule has 1 saturated heterocycles. The number of halogens is 1. The van der Waals surface area contributed by atoms with Crippen molar-refractivity contribution in [2.45, 2.75) is 12.7 Å². The van der Waals surface area contributed by atoms with Crippen LogP contribution in [0.5, 0.6) is 5.75 Å². The molecule has 1 unspecified atom stereocenters. The molecule has 0 bridgehead atoms. The van der Waals surface area contributed by atoms with Gasteiger partial charge in [0.1, 0.15) is 12.4 Å². The van der Waals surface area contributed by atoms with E-state index in [1.165, 1.54) is 0 Å². The van der Waals surface area contributed by atoms with E-state index in [-0.39, 0.29) is 24.4 Å². The summed E-state index contributed by atoms with van der Waals surface area (Å²) in [5.74, 6) is 0.582. The molecular formula is C24H25ClN2O3. The second-order valence-corrected chi connectivity index (χ2v) is 6.94. The van der Waals surface area contributed by atoms with Crippen LogP contribution in [0.2, 0.25) is 0 Å². The van der Waals surface area contributed by atoms with Crippen LogP contribution in [-0.2, 0) is 11.3 Å². The number of hydrogen-bond acceptors (Lipinski definition) is 4. The molecular weight excluding hydrogens is 400 g/mol. The average molecular weight is 425 g/mol. The molecule has 156 valence electrons. The first-order valence-electron chi connectivity index (χ1n) is 9.78. The van der Waals surface area contributed by atoms with E-state index in [0.29, 0.717) is 18.8 Å². The molecule has 3 aromatic carbocycles. The first-order valence-corrected chi connectivity index (χ1v) is 9.78. The van der Waals surface area contributed by atoms with Gasteiger partial charge in [-0.25, -0.2) is 0 Å². The molecule has 1 atom stereocenters. The van der Waals surface area contributed by atoms with Crippen LogP contribution in [0.15, 0.2) is 78.9 Å². The lowest BCUT2D eigenvalue weighted by atomic mass is 10.1. The zero-order chi connectivity index (χ0) is 19.9. The van der Waals surface area contributed by atoms with Crippen molar-refractivity contribution in [1.29, 1.82) is 0 Å². The number of amides is 1. The van der Waals surface area contributed by atoms with Crippen LogP contribution in [0.4, 0.5) is 5.69 Å². The fourth-order valence-corrected chi connectivity index (χ4v) is 3.21. The number of anilines is 1. The standard InChI is InChI=1S/C24H24N2O3.ClH/c27-24(26-21-10-6-19(7-11-21)23-16-25-14-15-28-23)20-8-12-22(13-9-20)29-17-18-4-2-1-3-5-18;/h1-13,23,25H,14-17H2,(H,26,27);1H. The number of nitrogens with one attached hydrogen (secondary N) is 2. The van der Waals surface area contributed by atoms with E-state index in [2.05, 4.69) is 10.6 Å². The molecule has 2 N–H and O–H groups in total. The Morgan fingerprint density at radius 2 is 1.73 bits per heavy atom. The maximum atomic E-state index is 12.5. The third-order valence-electron chi connectivity index (χ3n) is 4.83. The van der Waals surface area contributed by atoms with Gasteiger partial charge >= 0.3 is 0 Å². The van der Waals surface area contributed by atoms with E-state index >= 15 is 0 Å². The predicted octanol–water partition coefficient (Wildman–Crippen LogP) is 4.60. The highest BCUT2D eigenvalue weighted by atomic mass is 35.5. The fourth-order valence-electron chi connectivity index (χ4n) is 3.21. The monoisotopic (exact) mass is 424 g/mol. The Kier molecular flexibility index (Phi) is 7.85. The number of benzene rings is 3. The fraction of sp³-hybridized carbons (Fsp3) is 0.208. The Morgan fingerprint density at radius 3 is 2.40 bits per heavy atom. The maximum absolute atomic E-state index is 12.5. The Balaban J connectivity index is 0.00000256. The van der Waals surface area contributed by atoms with Gasteiger partial charge in [0.2, 0.25) is 0 Å². The van der Waals surface area contributed by atoms with Crippen LogP contribution in [0, 0.1) is 0 Å². The third kappa shape index (κ3) is 5.83. The van der Waals surface area contributed by atoms with Gasteiger partial charge in [0.15, 0.2) is 0 Å². The summed E-state index contributed by atoms with van der Waals surface area (Å²) in [6.07, 6.45) is 0.0666. The topological polar surface area (TPSA) is 59.6 Å². The number of morpholine rings is 1. The van der Waals surface area contributed by atoms with Gasteiger partial charge in [-0.05, 0) is 47.5 Å². The first-order chi connectivity index (χ1) is 14.3. The molecule has 0 aromatic heterocycles. The van der Waals surface area contributed by atoms with Gasteiger partial charge in [0.05, 0.1) is 12.7 Å². The van der Waals surface area contributed by atoms with Crippen LogP contribution in [-0.4, -0.2) is 25.6 Å². The number of carbonyl (C=O) groups excluding carboxylic acids is 1. The van der Waals surface area contributed by atoms with Crippen LogP contribution in [0.3, 0.4) is 0 Å². The van der Waals surface area contributed by atoms with Gasteiger partial charge < -0.3 is 20.1 Å². The van der Waals surface area contributed by atoms with E-state index in [9.17, 15) is 4.79 Å². The summed E-state index contributed by atoms with van der Waals surface area (Å²) in [5, 5.41) is 6.25. The molecule has 5 nitrogen and oxygen atoms in total. The summed E-state index contributed by atoms with van der Waals surface area (Å²) in [6.45, 7) is 2.91. The summed E-state index contributed by atoms with van der Waals surface area (Å²) in [7, 11) is 0.